The summed E-state index contributed by atoms with van der Waals surface area (Å²) in [5, 5.41) is 0. The van der Waals surface area contributed by atoms with E-state index in [4.69, 9.17) is 4.74 Å². The fraction of sp³-hybridized carbons (Fsp3) is 0.800. The first-order valence-electron chi connectivity index (χ1n) is 4.43. The molecule has 0 saturated carbocycles. The topological polar surface area (TPSA) is 9.23 Å². The third kappa shape index (κ3) is 1.48. The van der Waals surface area contributed by atoms with Gasteiger partial charge in [-0.3, -0.25) is 0 Å². The van der Waals surface area contributed by atoms with Crippen LogP contribution < -0.4 is 0 Å². The Balaban J connectivity index is 2.78. The molecule has 0 radical (unpaired) electrons. The first-order valence-corrected chi connectivity index (χ1v) is 4.43. The molecule has 0 spiro atoms. The summed E-state index contributed by atoms with van der Waals surface area (Å²) in [6.45, 7) is 9.60. The highest BCUT2D eigenvalue weighted by Crippen LogP contribution is 2.33. The van der Waals surface area contributed by atoms with E-state index >= 15 is 0 Å². The van der Waals surface area contributed by atoms with Crippen molar-refractivity contribution < 1.29 is 4.74 Å². The molecule has 0 aromatic rings. The number of ether oxygens (including phenoxy) is 1. The predicted octanol–water partition coefficient (Wildman–Crippen LogP) is 2.77. The molecule has 1 heterocycles. The zero-order chi connectivity index (χ0) is 8.48. The van der Waals surface area contributed by atoms with Crippen molar-refractivity contribution in [2.24, 2.45) is 5.92 Å². The summed E-state index contributed by atoms with van der Waals surface area (Å²) >= 11 is 0. The maximum atomic E-state index is 5.77. The van der Waals surface area contributed by atoms with Crippen molar-refractivity contribution in [1.82, 2.24) is 0 Å². The maximum absolute atomic E-state index is 5.77. The fourth-order valence-corrected chi connectivity index (χ4v) is 1.69. The van der Waals surface area contributed by atoms with E-state index in [1.165, 1.54) is 5.57 Å². The summed E-state index contributed by atoms with van der Waals surface area (Å²) in [6.07, 6.45) is 3.37. The van der Waals surface area contributed by atoms with Gasteiger partial charge in [-0.25, -0.2) is 0 Å². The number of hydrogen-bond acceptors (Lipinski definition) is 1. The fourth-order valence-electron chi connectivity index (χ4n) is 1.69. The van der Waals surface area contributed by atoms with Crippen LogP contribution in [0.1, 0.15) is 34.1 Å². The van der Waals surface area contributed by atoms with Gasteiger partial charge in [0.1, 0.15) is 0 Å². The first-order chi connectivity index (χ1) is 5.10. The summed E-state index contributed by atoms with van der Waals surface area (Å²) in [5.74, 6) is 0.588. The molecule has 0 fully saturated rings. The van der Waals surface area contributed by atoms with E-state index < -0.39 is 0 Å². The van der Waals surface area contributed by atoms with Crippen LogP contribution in [0.4, 0.5) is 0 Å². The molecule has 0 bridgehead atoms. The molecule has 0 aliphatic carbocycles. The average molecular weight is 154 g/mol. The maximum Gasteiger partial charge on any atom is 0.0890 e. The lowest BCUT2D eigenvalue weighted by Crippen LogP contribution is -2.32. The zero-order valence-corrected chi connectivity index (χ0v) is 7.98. The molecule has 1 aliphatic heterocycles. The zero-order valence-electron chi connectivity index (χ0n) is 7.98. The minimum Gasteiger partial charge on any atom is -0.366 e. The first kappa shape index (κ1) is 8.79. The molecular weight excluding hydrogens is 136 g/mol. The highest BCUT2D eigenvalue weighted by atomic mass is 16.5. The lowest BCUT2D eigenvalue weighted by Gasteiger charge is -2.29. The summed E-state index contributed by atoms with van der Waals surface area (Å²) in [7, 11) is 0. The van der Waals surface area contributed by atoms with Crippen LogP contribution in [-0.4, -0.2) is 12.2 Å². The molecule has 0 saturated heterocycles. The molecule has 11 heavy (non-hydrogen) atoms. The SMILES string of the molecule is CCC1(C(C)C)C=C(C)CO1. The van der Waals surface area contributed by atoms with Crippen LogP contribution in [0, 0.1) is 5.92 Å². The van der Waals surface area contributed by atoms with E-state index in [0.717, 1.165) is 13.0 Å². The molecule has 0 aromatic carbocycles. The Morgan fingerprint density at radius 2 is 2.27 bits per heavy atom. The van der Waals surface area contributed by atoms with Crippen LogP contribution in [-0.2, 0) is 4.74 Å². The third-order valence-corrected chi connectivity index (χ3v) is 2.59. The summed E-state index contributed by atoms with van der Waals surface area (Å²) < 4.78 is 5.77. The third-order valence-electron chi connectivity index (χ3n) is 2.59. The van der Waals surface area contributed by atoms with Gasteiger partial charge in [0.05, 0.1) is 12.2 Å². The van der Waals surface area contributed by atoms with Gasteiger partial charge in [-0.15, -0.1) is 0 Å². The van der Waals surface area contributed by atoms with Crippen molar-refractivity contribution in [1.29, 1.82) is 0 Å². The molecule has 64 valence electrons. The van der Waals surface area contributed by atoms with Crippen LogP contribution >= 0.6 is 0 Å². The normalized spacial score (nSPS) is 31.2. The van der Waals surface area contributed by atoms with Gasteiger partial charge in [0.15, 0.2) is 0 Å². The minimum atomic E-state index is 0.0457. The van der Waals surface area contributed by atoms with Crippen molar-refractivity contribution in [3.63, 3.8) is 0 Å². The molecule has 1 nitrogen and oxygen atoms in total. The number of rotatable bonds is 2. The second-order valence-corrected chi connectivity index (χ2v) is 3.74. The number of hydrogen-bond donors (Lipinski definition) is 0. The van der Waals surface area contributed by atoms with Gasteiger partial charge in [0.25, 0.3) is 0 Å². The highest BCUT2D eigenvalue weighted by Gasteiger charge is 2.34. The predicted molar refractivity (Wildman–Crippen MR) is 47.6 cm³/mol. The molecule has 1 atom stereocenters. The lowest BCUT2D eigenvalue weighted by atomic mass is 9.87. The standard InChI is InChI=1S/C10H18O/c1-5-10(8(2)3)6-9(4)7-11-10/h6,8H,5,7H2,1-4H3. The molecule has 1 aliphatic rings. The van der Waals surface area contributed by atoms with Crippen molar-refractivity contribution in [2.75, 3.05) is 6.61 Å². The Morgan fingerprint density at radius 3 is 2.45 bits per heavy atom. The Kier molecular flexibility index (Phi) is 2.38. The summed E-state index contributed by atoms with van der Waals surface area (Å²) in [5.41, 5.74) is 1.42. The van der Waals surface area contributed by atoms with Gasteiger partial charge in [-0.2, -0.15) is 0 Å². The lowest BCUT2D eigenvalue weighted by molar-refractivity contribution is -0.0143. The Labute approximate surface area is 69.4 Å². The average Bonchev–Trinajstić information content (AvgIpc) is 2.33. The van der Waals surface area contributed by atoms with Gasteiger partial charge in [-0.05, 0) is 24.8 Å². The molecule has 0 aromatic heterocycles. The van der Waals surface area contributed by atoms with Gasteiger partial charge >= 0.3 is 0 Å². The quantitative estimate of drug-likeness (QED) is 0.556. The van der Waals surface area contributed by atoms with Gasteiger partial charge in [-0.1, -0.05) is 26.8 Å². The smallest absolute Gasteiger partial charge is 0.0890 e. The molecular formula is C10H18O. The Hall–Kier alpha value is -0.300. The largest absolute Gasteiger partial charge is 0.366 e. The van der Waals surface area contributed by atoms with E-state index in [1.54, 1.807) is 0 Å². The second-order valence-electron chi connectivity index (χ2n) is 3.74. The van der Waals surface area contributed by atoms with E-state index in [9.17, 15) is 0 Å². The molecule has 1 unspecified atom stereocenters. The van der Waals surface area contributed by atoms with Crippen LogP contribution in [0.3, 0.4) is 0 Å². The second kappa shape index (κ2) is 2.98. The van der Waals surface area contributed by atoms with E-state index in [-0.39, 0.29) is 5.60 Å². The monoisotopic (exact) mass is 154 g/mol. The molecule has 1 heteroatoms. The van der Waals surface area contributed by atoms with E-state index in [0.29, 0.717) is 5.92 Å². The molecule has 0 amide bonds. The van der Waals surface area contributed by atoms with Crippen LogP contribution in [0.15, 0.2) is 11.6 Å². The minimum absolute atomic E-state index is 0.0457. The van der Waals surface area contributed by atoms with Crippen LogP contribution in [0.25, 0.3) is 0 Å². The van der Waals surface area contributed by atoms with Gasteiger partial charge in [0.2, 0.25) is 0 Å². The van der Waals surface area contributed by atoms with E-state index in [1.807, 2.05) is 0 Å². The van der Waals surface area contributed by atoms with Crippen molar-refractivity contribution in [3.8, 4) is 0 Å². The highest BCUT2D eigenvalue weighted by molar-refractivity contribution is 5.16. The van der Waals surface area contributed by atoms with Crippen molar-refractivity contribution in [3.05, 3.63) is 11.6 Å². The Morgan fingerprint density at radius 1 is 1.64 bits per heavy atom. The molecule has 1 rings (SSSR count). The van der Waals surface area contributed by atoms with Gasteiger partial charge in [0, 0.05) is 0 Å². The summed E-state index contributed by atoms with van der Waals surface area (Å²) in [4.78, 5) is 0. The Bertz CT molecular complexity index is 170. The van der Waals surface area contributed by atoms with Gasteiger partial charge < -0.3 is 4.74 Å². The van der Waals surface area contributed by atoms with Crippen molar-refractivity contribution >= 4 is 0 Å². The summed E-state index contributed by atoms with van der Waals surface area (Å²) in [6, 6.07) is 0. The van der Waals surface area contributed by atoms with E-state index in [2.05, 4.69) is 33.8 Å². The van der Waals surface area contributed by atoms with Crippen molar-refractivity contribution in [2.45, 2.75) is 39.7 Å². The molecule has 0 N–H and O–H groups in total. The van der Waals surface area contributed by atoms with Crippen LogP contribution in [0.2, 0.25) is 0 Å². The van der Waals surface area contributed by atoms with Crippen LogP contribution in [0.5, 0.6) is 0 Å².